The number of rotatable bonds is 5. The van der Waals surface area contributed by atoms with Gasteiger partial charge in [-0.05, 0) is 18.4 Å². The highest BCUT2D eigenvalue weighted by Crippen LogP contribution is 2.23. The third kappa shape index (κ3) is 4.67. The maximum atomic E-state index is 12.9. The van der Waals surface area contributed by atoms with E-state index >= 15 is 0 Å². The van der Waals surface area contributed by atoms with Gasteiger partial charge in [-0.3, -0.25) is 9.69 Å². The standard InChI is InChI=1S/C20H27N3OS/c1-15(2)13-18-21-16(3)19(25-18)20(24)23-11-9-22(10-12-23)14-17-7-5-4-6-8-17/h4-8,15H,9-14H2,1-3H3. The predicted molar refractivity (Wildman–Crippen MR) is 103 cm³/mol. The third-order valence-electron chi connectivity index (χ3n) is 4.53. The summed E-state index contributed by atoms with van der Waals surface area (Å²) in [6.45, 7) is 10.7. The van der Waals surface area contributed by atoms with E-state index in [0.717, 1.165) is 54.7 Å². The fourth-order valence-electron chi connectivity index (χ4n) is 3.18. The number of hydrogen-bond donors (Lipinski definition) is 0. The number of carbonyl (C=O) groups is 1. The van der Waals surface area contributed by atoms with Crippen molar-refractivity contribution in [1.82, 2.24) is 14.8 Å². The van der Waals surface area contributed by atoms with Crippen LogP contribution in [0.1, 0.15) is 39.8 Å². The Bertz CT molecular complexity index is 703. The monoisotopic (exact) mass is 357 g/mol. The van der Waals surface area contributed by atoms with Crippen molar-refractivity contribution in [3.05, 3.63) is 51.5 Å². The molecule has 0 atom stereocenters. The zero-order valence-electron chi connectivity index (χ0n) is 15.4. The van der Waals surface area contributed by atoms with Gasteiger partial charge in [0.25, 0.3) is 5.91 Å². The van der Waals surface area contributed by atoms with E-state index in [0.29, 0.717) is 5.92 Å². The maximum Gasteiger partial charge on any atom is 0.265 e. The van der Waals surface area contributed by atoms with Crippen LogP contribution in [-0.2, 0) is 13.0 Å². The number of aryl methyl sites for hydroxylation is 1. The summed E-state index contributed by atoms with van der Waals surface area (Å²) in [5, 5.41) is 1.08. The molecule has 0 spiro atoms. The number of hydrogen-bond acceptors (Lipinski definition) is 4. The van der Waals surface area contributed by atoms with E-state index in [9.17, 15) is 4.79 Å². The fraction of sp³-hybridized carbons (Fsp3) is 0.500. The Balaban J connectivity index is 1.57. The molecule has 0 saturated carbocycles. The zero-order valence-corrected chi connectivity index (χ0v) is 16.2. The van der Waals surface area contributed by atoms with E-state index in [1.54, 1.807) is 11.3 Å². The van der Waals surface area contributed by atoms with E-state index in [2.05, 4.69) is 48.0 Å². The topological polar surface area (TPSA) is 36.4 Å². The lowest BCUT2D eigenvalue weighted by Crippen LogP contribution is -2.48. The van der Waals surface area contributed by atoms with Gasteiger partial charge >= 0.3 is 0 Å². The van der Waals surface area contributed by atoms with Gasteiger partial charge in [-0.25, -0.2) is 4.98 Å². The van der Waals surface area contributed by atoms with Gasteiger partial charge in [0.15, 0.2) is 0 Å². The molecule has 134 valence electrons. The molecular formula is C20H27N3OS. The van der Waals surface area contributed by atoms with Crippen molar-refractivity contribution in [2.24, 2.45) is 5.92 Å². The van der Waals surface area contributed by atoms with Crippen LogP contribution in [0.2, 0.25) is 0 Å². The molecule has 0 bridgehead atoms. The van der Waals surface area contributed by atoms with Crippen LogP contribution in [0.15, 0.2) is 30.3 Å². The molecule has 5 heteroatoms. The predicted octanol–water partition coefficient (Wildman–Crippen LogP) is 3.61. The third-order valence-corrected chi connectivity index (χ3v) is 5.69. The van der Waals surface area contributed by atoms with Gasteiger partial charge in [0, 0.05) is 39.1 Å². The Labute approximate surface area is 154 Å². The number of piperazine rings is 1. The summed E-state index contributed by atoms with van der Waals surface area (Å²) < 4.78 is 0. The number of benzene rings is 1. The SMILES string of the molecule is Cc1nc(CC(C)C)sc1C(=O)N1CCN(Cc2ccccc2)CC1. The van der Waals surface area contributed by atoms with Crippen molar-refractivity contribution in [2.75, 3.05) is 26.2 Å². The number of thiazole rings is 1. The van der Waals surface area contributed by atoms with Gasteiger partial charge in [-0.2, -0.15) is 0 Å². The summed E-state index contributed by atoms with van der Waals surface area (Å²) in [6, 6.07) is 10.5. The minimum atomic E-state index is 0.157. The molecule has 0 N–H and O–H groups in total. The van der Waals surface area contributed by atoms with Crippen LogP contribution in [0.5, 0.6) is 0 Å². The van der Waals surface area contributed by atoms with E-state index in [1.165, 1.54) is 5.56 Å². The smallest absolute Gasteiger partial charge is 0.265 e. The molecule has 1 aromatic heterocycles. The van der Waals surface area contributed by atoms with Crippen molar-refractivity contribution in [2.45, 2.75) is 33.7 Å². The summed E-state index contributed by atoms with van der Waals surface area (Å²) >= 11 is 1.58. The van der Waals surface area contributed by atoms with Crippen LogP contribution < -0.4 is 0 Å². The summed E-state index contributed by atoms with van der Waals surface area (Å²) in [5.41, 5.74) is 2.22. The van der Waals surface area contributed by atoms with Crippen molar-refractivity contribution in [3.63, 3.8) is 0 Å². The Morgan fingerprint density at radius 3 is 2.48 bits per heavy atom. The molecule has 1 aliphatic heterocycles. The summed E-state index contributed by atoms with van der Waals surface area (Å²) in [5.74, 6) is 0.722. The van der Waals surface area contributed by atoms with E-state index in [4.69, 9.17) is 0 Å². The van der Waals surface area contributed by atoms with Gasteiger partial charge < -0.3 is 4.90 Å². The first-order valence-corrected chi connectivity index (χ1v) is 9.86. The lowest BCUT2D eigenvalue weighted by atomic mass is 10.1. The van der Waals surface area contributed by atoms with Crippen molar-refractivity contribution in [1.29, 1.82) is 0 Å². The molecule has 0 aliphatic carbocycles. The molecule has 4 nitrogen and oxygen atoms in total. The maximum absolute atomic E-state index is 12.9. The number of carbonyl (C=O) groups excluding carboxylic acids is 1. The van der Waals surface area contributed by atoms with E-state index < -0.39 is 0 Å². The summed E-state index contributed by atoms with van der Waals surface area (Å²) in [6.07, 6.45) is 0.948. The lowest BCUT2D eigenvalue weighted by molar-refractivity contribution is 0.0632. The highest BCUT2D eigenvalue weighted by atomic mass is 32.1. The van der Waals surface area contributed by atoms with Crippen LogP contribution in [-0.4, -0.2) is 46.9 Å². The molecule has 1 aliphatic rings. The molecule has 1 amide bonds. The van der Waals surface area contributed by atoms with Crippen LogP contribution in [0, 0.1) is 12.8 Å². The second-order valence-electron chi connectivity index (χ2n) is 7.17. The Kier molecular flexibility index (Phi) is 5.86. The first kappa shape index (κ1) is 18.1. The molecule has 2 aromatic rings. The Morgan fingerprint density at radius 2 is 1.84 bits per heavy atom. The fourth-order valence-corrected chi connectivity index (χ4v) is 4.43. The number of aromatic nitrogens is 1. The van der Waals surface area contributed by atoms with Crippen LogP contribution in [0.3, 0.4) is 0 Å². The largest absolute Gasteiger partial charge is 0.335 e. The Hall–Kier alpha value is -1.72. The quantitative estimate of drug-likeness (QED) is 0.820. The first-order chi connectivity index (χ1) is 12.0. The molecule has 25 heavy (non-hydrogen) atoms. The van der Waals surface area contributed by atoms with Gasteiger partial charge in [-0.15, -0.1) is 11.3 Å². The Morgan fingerprint density at radius 1 is 1.16 bits per heavy atom. The second-order valence-corrected chi connectivity index (χ2v) is 8.26. The zero-order chi connectivity index (χ0) is 17.8. The second kappa shape index (κ2) is 8.11. The first-order valence-electron chi connectivity index (χ1n) is 9.05. The van der Waals surface area contributed by atoms with Gasteiger partial charge in [-0.1, -0.05) is 44.2 Å². The molecular weight excluding hydrogens is 330 g/mol. The normalized spacial score (nSPS) is 15.8. The molecule has 1 aromatic carbocycles. The average Bonchev–Trinajstić information content (AvgIpc) is 2.95. The van der Waals surface area contributed by atoms with Gasteiger partial charge in [0.2, 0.25) is 0 Å². The molecule has 1 saturated heterocycles. The molecule has 3 rings (SSSR count). The minimum Gasteiger partial charge on any atom is -0.335 e. The number of amides is 1. The van der Waals surface area contributed by atoms with Gasteiger partial charge in [0.1, 0.15) is 4.88 Å². The molecule has 0 radical (unpaired) electrons. The van der Waals surface area contributed by atoms with Crippen molar-refractivity contribution < 1.29 is 4.79 Å². The van der Waals surface area contributed by atoms with Crippen LogP contribution in [0.25, 0.3) is 0 Å². The molecule has 1 fully saturated rings. The number of nitrogens with zero attached hydrogens (tertiary/aromatic N) is 3. The van der Waals surface area contributed by atoms with Crippen LogP contribution >= 0.6 is 11.3 Å². The highest BCUT2D eigenvalue weighted by Gasteiger charge is 2.25. The molecule has 2 heterocycles. The van der Waals surface area contributed by atoms with Crippen molar-refractivity contribution in [3.8, 4) is 0 Å². The van der Waals surface area contributed by atoms with E-state index in [-0.39, 0.29) is 5.91 Å². The highest BCUT2D eigenvalue weighted by molar-refractivity contribution is 7.13. The van der Waals surface area contributed by atoms with Crippen molar-refractivity contribution >= 4 is 17.2 Å². The molecule has 0 unspecified atom stereocenters. The summed E-state index contributed by atoms with van der Waals surface area (Å²) in [4.78, 5) is 22.7. The van der Waals surface area contributed by atoms with Gasteiger partial charge in [0.05, 0.1) is 10.7 Å². The van der Waals surface area contributed by atoms with E-state index in [1.807, 2.05) is 17.9 Å². The summed E-state index contributed by atoms with van der Waals surface area (Å²) in [7, 11) is 0. The minimum absolute atomic E-state index is 0.157. The average molecular weight is 358 g/mol. The van der Waals surface area contributed by atoms with Crippen LogP contribution in [0.4, 0.5) is 0 Å². The lowest BCUT2D eigenvalue weighted by Gasteiger charge is -2.34.